The Hall–Kier alpha value is -3.17. The van der Waals surface area contributed by atoms with Crippen molar-refractivity contribution in [3.63, 3.8) is 0 Å². The second-order valence-corrected chi connectivity index (χ2v) is 10.3. The SMILES string of the molecule is CCCCN1C(=O)/C(=C/c2c(N3CCN(c4ccccc4)CC3)nc3ccccn3c2=O)SC1=S. The van der Waals surface area contributed by atoms with Crippen molar-refractivity contribution in [2.75, 3.05) is 42.5 Å². The Bertz CT molecular complexity index is 1350. The number of carbonyl (C=O) groups is 1. The number of nitrogens with zero attached hydrogens (tertiary/aromatic N) is 5. The number of thiocarbonyl (C=S) groups is 1. The highest BCUT2D eigenvalue weighted by Gasteiger charge is 2.32. The smallest absolute Gasteiger partial charge is 0.267 e. The minimum atomic E-state index is -0.185. The number of hydrogen-bond acceptors (Lipinski definition) is 7. The van der Waals surface area contributed by atoms with E-state index in [0.717, 1.165) is 39.0 Å². The van der Waals surface area contributed by atoms with Gasteiger partial charge in [-0.1, -0.05) is 61.6 Å². The molecule has 4 heterocycles. The summed E-state index contributed by atoms with van der Waals surface area (Å²) in [6, 6.07) is 15.8. The number of benzene rings is 1. The molecule has 0 bridgehead atoms. The fourth-order valence-corrected chi connectivity index (χ4v) is 5.70. The lowest BCUT2D eigenvalue weighted by atomic mass is 10.2. The molecule has 180 valence electrons. The molecular formula is C26H27N5O2S2. The lowest BCUT2D eigenvalue weighted by Crippen LogP contribution is -2.47. The molecule has 1 amide bonds. The summed E-state index contributed by atoms with van der Waals surface area (Å²) in [6.45, 7) is 5.77. The van der Waals surface area contributed by atoms with Crippen LogP contribution < -0.4 is 15.4 Å². The number of fused-ring (bicyclic) bond motifs is 1. The monoisotopic (exact) mass is 505 g/mol. The lowest BCUT2D eigenvalue weighted by Gasteiger charge is -2.37. The van der Waals surface area contributed by atoms with E-state index in [4.69, 9.17) is 17.2 Å². The van der Waals surface area contributed by atoms with Gasteiger partial charge in [-0.2, -0.15) is 0 Å². The zero-order chi connectivity index (χ0) is 24.4. The van der Waals surface area contributed by atoms with E-state index in [1.165, 1.54) is 21.8 Å². The molecule has 2 fully saturated rings. The van der Waals surface area contributed by atoms with Crippen LogP contribution in [0, 0.1) is 0 Å². The van der Waals surface area contributed by atoms with Gasteiger partial charge in [0.05, 0.1) is 10.5 Å². The van der Waals surface area contributed by atoms with Crippen LogP contribution in [0.25, 0.3) is 11.7 Å². The van der Waals surface area contributed by atoms with E-state index in [0.29, 0.717) is 32.8 Å². The zero-order valence-electron chi connectivity index (χ0n) is 19.6. The van der Waals surface area contributed by atoms with Gasteiger partial charge in [0.2, 0.25) is 0 Å². The van der Waals surface area contributed by atoms with Crippen LogP contribution >= 0.6 is 24.0 Å². The van der Waals surface area contributed by atoms with Gasteiger partial charge in [0.15, 0.2) is 0 Å². The van der Waals surface area contributed by atoms with Crippen molar-refractivity contribution in [3.05, 3.63) is 75.6 Å². The van der Waals surface area contributed by atoms with Crippen molar-refractivity contribution < 1.29 is 4.79 Å². The fraction of sp³-hybridized carbons (Fsp3) is 0.308. The van der Waals surface area contributed by atoms with E-state index < -0.39 is 0 Å². The molecule has 1 aromatic carbocycles. The Balaban J connectivity index is 1.50. The quantitative estimate of drug-likeness (QED) is 0.370. The number of para-hydroxylation sites is 1. The predicted molar refractivity (Wildman–Crippen MR) is 147 cm³/mol. The van der Waals surface area contributed by atoms with Gasteiger partial charge in [-0.3, -0.25) is 18.9 Å². The Morgan fingerprint density at radius 2 is 1.71 bits per heavy atom. The van der Waals surface area contributed by atoms with Crippen LogP contribution in [0.15, 0.2) is 64.4 Å². The van der Waals surface area contributed by atoms with Gasteiger partial charge in [0.25, 0.3) is 11.5 Å². The third-order valence-corrected chi connectivity index (χ3v) is 7.71. The highest BCUT2D eigenvalue weighted by Crippen LogP contribution is 2.34. The van der Waals surface area contributed by atoms with Gasteiger partial charge >= 0.3 is 0 Å². The number of carbonyl (C=O) groups excluding carboxylic acids is 1. The van der Waals surface area contributed by atoms with Crippen LogP contribution in [0.5, 0.6) is 0 Å². The number of piperazine rings is 1. The van der Waals surface area contributed by atoms with Crippen molar-refractivity contribution in [3.8, 4) is 0 Å². The number of unbranched alkanes of at least 4 members (excludes halogenated alkanes) is 1. The molecule has 0 N–H and O–H groups in total. The van der Waals surface area contributed by atoms with E-state index in [1.54, 1.807) is 17.2 Å². The average molecular weight is 506 g/mol. The second-order valence-electron chi connectivity index (χ2n) is 8.58. The summed E-state index contributed by atoms with van der Waals surface area (Å²) < 4.78 is 2.08. The van der Waals surface area contributed by atoms with E-state index in [2.05, 4.69) is 28.9 Å². The molecule has 0 spiro atoms. The Labute approximate surface area is 214 Å². The minimum absolute atomic E-state index is 0.133. The van der Waals surface area contributed by atoms with Crippen molar-refractivity contribution >= 4 is 57.4 Å². The lowest BCUT2D eigenvalue weighted by molar-refractivity contribution is -0.122. The Morgan fingerprint density at radius 3 is 2.46 bits per heavy atom. The number of aromatic nitrogens is 2. The molecule has 0 saturated carbocycles. The summed E-state index contributed by atoms with van der Waals surface area (Å²) >= 11 is 6.72. The Kier molecular flexibility index (Phi) is 6.88. The molecule has 3 aromatic rings. The van der Waals surface area contributed by atoms with Gasteiger partial charge < -0.3 is 9.80 Å². The second kappa shape index (κ2) is 10.2. The molecule has 7 nitrogen and oxygen atoms in total. The summed E-state index contributed by atoms with van der Waals surface area (Å²) in [4.78, 5) is 38.1. The molecule has 35 heavy (non-hydrogen) atoms. The van der Waals surface area contributed by atoms with Crippen LogP contribution in [0.4, 0.5) is 11.5 Å². The van der Waals surface area contributed by atoms with Crippen molar-refractivity contribution in [2.24, 2.45) is 0 Å². The highest BCUT2D eigenvalue weighted by molar-refractivity contribution is 8.26. The maximum Gasteiger partial charge on any atom is 0.267 e. The molecule has 0 radical (unpaired) electrons. The first-order valence-corrected chi connectivity index (χ1v) is 13.1. The number of hydrogen-bond donors (Lipinski definition) is 0. The van der Waals surface area contributed by atoms with Crippen molar-refractivity contribution in [2.45, 2.75) is 19.8 Å². The largest absolute Gasteiger partial charge is 0.368 e. The summed E-state index contributed by atoms with van der Waals surface area (Å²) in [7, 11) is 0. The molecule has 2 aromatic heterocycles. The van der Waals surface area contributed by atoms with Gasteiger partial charge in [-0.05, 0) is 36.8 Å². The molecule has 2 saturated heterocycles. The summed E-state index contributed by atoms with van der Waals surface area (Å²) in [5, 5.41) is 0. The molecule has 0 unspecified atom stereocenters. The number of anilines is 2. The Morgan fingerprint density at radius 1 is 1.00 bits per heavy atom. The third kappa shape index (κ3) is 4.70. The van der Waals surface area contributed by atoms with Gasteiger partial charge in [0.1, 0.15) is 15.8 Å². The van der Waals surface area contributed by atoms with Crippen molar-refractivity contribution in [1.82, 2.24) is 14.3 Å². The van der Waals surface area contributed by atoms with Gasteiger partial charge in [-0.15, -0.1) is 0 Å². The minimum Gasteiger partial charge on any atom is -0.368 e. The first-order valence-electron chi connectivity index (χ1n) is 11.9. The molecule has 2 aliphatic rings. The maximum absolute atomic E-state index is 13.6. The highest BCUT2D eigenvalue weighted by atomic mass is 32.2. The van der Waals surface area contributed by atoms with Gasteiger partial charge in [0, 0.05) is 44.6 Å². The molecule has 0 atom stereocenters. The van der Waals surface area contributed by atoms with Crippen LogP contribution in [0.2, 0.25) is 0 Å². The van der Waals surface area contributed by atoms with E-state index in [1.807, 2.05) is 36.4 Å². The number of rotatable bonds is 6. The maximum atomic E-state index is 13.6. The zero-order valence-corrected chi connectivity index (χ0v) is 21.2. The first-order chi connectivity index (χ1) is 17.1. The predicted octanol–water partition coefficient (Wildman–Crippen LogP) is 4.02. The van der Waals surface area contributed by atoms with Crippen molar-refractivity contribution in [1.29, 1.82) is 0 Å². The van der Waals surface area contributed by atoms with Crippen LogP contribution in [-0.2, 0) is 4.79 Å². The normalized spacial score (nSPS) is 17.7. The molecule has 2 aliphatic heterocycles. The first kappa shape index (κ1) is 23.6. The summed E-state index contributed by atoms with van der Waals surface area (Å²) in [5.41, 5.74) is 2.02. The average Bonchev–Trinajstić information content (AvgIpc) is 3.16. The third-order valence-electron chi connectivity index (χ3n) is 6.33. The molecule has 5 rings (SSSR count). The van der Waals surface area contributed by atoms with Crippen LogP contribution in [-0.4, -0.2) is 57.2 Å². The van der Waals surface area contributed by atoms with E-state index in [-0.39, 0.29) is 11.5 Å². The number of pyridine rings is 1. The summed E-state index contributed by atoms with van der Waals surface area (Å²) in [6.07, 6.45) is 5.27. The molecule has 9 heteroatoms. The summed E-state index contributed by atoms with van der Waals surface area (Å²) in [5.74, 6) is 0.485. The van der Waals surface area contributed by atoms with Crippen LogP contribution in [0.1, 0.15) is 25.3 Å². The number of thioether (sulfide) groups is 1. The van der Waals surface area contributed by atoms with Gasteiger partial charge in [-0.25, -0.2) is 4.98 Å². The van der Waals surface area contributed by atoms with E-state index >= 15 is 0 Å². The molecule has 0 aliphatic carbocycles. The standard InChI is InChI=1S/C26H27N5O2S2/c1-2-3-12-31-25(33)21(35-26(31)34)18-20-23(27-22-11-7-8-13-30(22)24(20)32)29-16-14-28(15-17-29)19-9-5-4-6-10-19/h4-11,13,18H,2-3,12,14-17H2,1H3/b21-18-. The number of amides is 1. The fourth-order valence-electron chi connectivity index (χ4n) is 4.41. The van der Waals surface area contributed by atoms with E-state index in [9.17, 15) is 9.59 Å². The molecular weight excluding hydrogens is 478 g/mol. The topological polar surface area (TPSA) is 61.2 Å². The van der Waals surface area contributed by atoms with Crippen LogP contribution in [0.3, 0.4) is 0 Å².